The van der Waals surface area contributed by atoms with Gasteiger partial charge in [0.15, 0.2) is 0 Å². The van der Waals surface area contributed by atoms with Crippen LogP contribution in [0, 0.1) is 0 Å². The van der Waals surface area contributed by atoms with Gasteiger partial charge in [-0.1, -0.05) is 6.92 Å². The number of nitrogen functional groups attached to an aromatic ring is 1. The first-order valence-corrected chi connectivity index (χ1v) is 7.49. The van der Waals surface area contributed by atoms with Gasteiger partial charge in [-0.25, -0.2) is 13.2 Å². The first-order chi connectivity index (χ1) is 9.19. The molecule has 20 heavy (non-hydrogen) atoms. The molecule has 0 radical (unpaired) electrons. The van der Waals surface area contributed by atoms with Crippen LogP contribution in [0.25, 0.3) is 0 Å². The summed E-state index contributed by atoms with van der Waals surface area (Å²) < 4.78 is 25.7. The molecular formula is C12H16N2O5S. The van der Waals surface area contributed by atoms with Crippen LogP contribution in [0.1, 0.15) is 23.7 Å². The Bertz CT molecular complexity index is 650. The van der Waals surface area contributed by atoms with E-state index in [-0.39, 0.29) is 29.2 Å². The predicted octanol–water partition coefficient (Wildman–Crippen LogP) is 0.112. The molecule has 7 nitrogen and oxygen atoms in total. The lowest BCUT2D eigenvalue weighted by molar-refractivity contribution is -0.0613. The molecule has 1 aliphatic heterocycles. The van der Waals surface area contributed by atoms with Crippen molar-refractivity contribution in [3.8, 4) is 0 Å². The van der Waals surface area contributed by atoms with Crippen LogP contribution in [0.15, 0.2) is 23.1 Å². The fourth-order valence-electron chi connectivity index (χ4n) is 2.06. The van der Waals surface area contributed by atoms with Gasteiger partial charge in [-0.05, 0) is 24.6 Å². The zero-order valence-electron chi connectivity index (χ0n) is 10.9. The first kappa shape index (κ1) is 14.8. The lowest BCUT2D eigenvalue weighted by Crippen LogP contribution is -2.62. The summed E-state index contributed by atoms with van der Waals surface area (Å²) in [5.74, 6) is -1.18. The Kier molecular flexibility index (Phi) is 3.49. The number of carboxylic acids is 1. The molecule has 8 heteroatoms. The van der Waals surface area contributed by atoms with Gasteiger partial charge >= 0.3 is 5.97 Å². The lowest BCUT2D eigenvalue weighted by Gasteiger charge is -2.44. The third-order valence-corrected chi connectivity index (χ3v) is 5.34. The molecule has 0 bridgehead atoms. The molecule has 0 saturated carbocycles. The molecular weight excluding hydrogens is 284 g/mol. The highest BCUT2D eigenvalue weighted by Crippen LogP contribution is 2.32. The molecule has 2 rings (SSSR count). The predicted molar refractivity (Wildman–Crippen MR) is 71.8 cm³/mol. The zero-order chi connectivity index (χ0) is 15.1. The molecule has 1 aliphatic rings. The molecule has 1 fully saturated rings. The van der Waals surface area contributed by atoms with Crippen molar-refractivity contribution >= 4 is 21.7 Å². The third kappa shape index (κ3) is 2.37. The maximum Gasteiger partial charge on any atom is 0.335 e. The average molecular weight is 300 g/mol. The monoisotopic (exact) mass is 300 g/mol. The van der Waals surface area contributed by atoms with Crippen molar-refractivity contribution in [1.29, 1.82) is 0 Å². The Hall–Kier alpha value is -1.64. The van der Waals surface area contributed by atoms with E-state index in [1.807, 2.05) is 0 Å². The lowest BCUT2D eigenvalue weighted by atomic mass is 9.94. The summed E-state index contributed by atoms with van der Waals surface area (Å²) in [5, 5.41) is 18.7. The van der Waals surface area contributed by atoms with Crippen LogP contribution in [-0.2, 0) is 10.0 Å². The number of hydrogen-bond donors (Lipinski definition) is 3. The van der Waals surface area contributed by atoms with E-state index in [0.717, 1.165) is 10.4 Å². The second-order valence-electron chi connectivity index (χ2n) is 4.91. The van der Waals surface area contributed by atoms with Crippen LogP contribution >= 0.6 is 0 Å². The van der Waals surface area contributed by atoms with E-state index >= 15 is 0 Å². The fourth-order valence-corrected chi connectivity index (χ4v) is 3.75. The summed E-state index contributed by atoms with van der Waals surface area (Å²) in [6.45, 7) is 1.82. The van der Waals surface area contributed by atoms with Gasteiger partial charge in [-0.3, -0.25) is 0 Å². The van der Waals surface area contributed by atoms with Gasteiger partial charge in [0, 0.05) is 13.1 Å². The number of carbonyl (C=O) groups is 1. The second-order valence-corrected chi connectivity index (χ2v) is 6.82. The molecule has 1 heterocycles. The molecule has 0 spiro atoms. The smallest absolute Gasteiger partial charge is 0.335 e. The van der Waals surface area contributed by atoms with Crippen molar-refractivity contribution in [2.45, 2.75) is 23.8 Å². The Morgan fingerprint density at radius 3 is 2.50 bits per heavy atom. The fraction of sp³-hybridized carbons (Fsp3) is 0.417. The highest BCUT2D eigenvalue weighted by molar-refractivity contribution is 7.89. The number of anilines is 1. The molecule has 0 amide bonds. The standard InChI is InChI=1S/C12H16N2O5S/c1-2-12(17)6-14(7-12)20(18,19)10-4-3-8(11(15)16)5-9(10)13/h3-5,17H,2,6-7,13H2,1H3,(H,15,16). The summed E-state index contributed by atoms with van der Waals surface area (Å²) in [7, 11) is -3.80. The van der Waals surface area contributed by atoms with E-state index in [9.17, 15) is 18.3 Å². The van der Waals surface area contributed by atoms with E-state index in [1.54, 1.807) is 6.92 Å². The number of nitrogens with zero attached hydrogens (tertiary/aromatic N) is 1. The average Bonchev–Trinajstić information content (AvgIpc) is 2.34. The maximum absolute atomic E-state index is 12.3. The van der Waals surface area contributed by atoms with Gasteiger partial charge in [0.1, 0.15) is 4.90 Å². The SMILES string of the molecule is CCC1(O)CN(S(=O)(=O)c2ccc(C(=O)O)cc2N)C1. The van der Waals surface area contributed by atoms with Crippen LogP contribution in [0.4, 0.5) is 5.69 Å². The van der Waals surface area contributed by atoms with E-state index in [4.69, 9.17) is 10.8 Å². The molecule has 1 aromatic rings. The molecule has 1 saturated heterocycles. The highest BCUT2D eigenvalue weighted by atomic mass is 32.2. The van der Waals surface area contributed by atoms with E-state index < -0.39 is 21.6 Å². The Morgan fingerprint density at radius 2 is 2.05 bits per heavy atom. The van der Waals surface area contributed by atoms with Crippen LogP contribution in [0.2, 0.25) is 0 Å². The van der Waals surface area contributed by atoms with Gasteiger partial charge in [0.2, 0.25) is 10.0 Å². The summed E-state index contributed by atoms with van der Waals surface area (Å²) in [6, 6.07) is 3.48. The minimum absolute atomic E-state index is 0.0198. The number of carboxylic acid groups (broad SMARTS) is 1. The Labute approximate surface area is 116 Å². The van der Waals surface area contributed by atoms with Crippen LogP contribution in [-0.4, -0.2) is 47.6 Å². The van der Waals surface area contributed by atoms with Gasteiger partial charge in [-0.2, -0.15) is 4.31 Å². The summed E-state index contributed by atoms with van der Waals surface area (Å²) in [4.78, 5) is 10.7. The van der Waals surface area contributed by atoms with Crippen LogP contribution in [0.5, 0.6) is 0 Å². The van der Waals surface area contributed by atoms with Gasteiger partial charge in [-0.15, -0.1) is 0 Å². The molecule has 0 aromatic heterocycles. The van der Waals surface area contributed by atoms with Crippen molar-refractivity contribution in [3.05, 3.63) is 23.8 Å². The minimum atomic E-state index is -3.80. The number of benzene rings is 1. The maximum atomic E-state index is 12.3. The van der Waals surface area contributed by atoms with Gasteiger partial charge < -0.3 is 15.9 Å². The topological polar surface area (TPSA) is 121 Å². The Balaban J connectivity index is 2.30. The zero-order valence-corrected chi connectivity index (χ0v) is 11.7. The van der Waals surface area contributed by atoms with Crippen molar-refractivity contribution in [2.24, 2.45) is 0 Å². The molecule has 110 valence electrons. The number of aliphatic hydroxyl groups is 1. The van der Waals surface area contributed by atoms with E-state index in [0.29, 0.717) is 6.42 Å². The number of nitrogens with two attached hydrogens (primary N) is 1. The second kappa shape index (κ2) is 4.72. The van der Waals surface area contributed by atoms with Crippen molar-refractivity contribution in [3.63, 3.8) is 0 Å². The normalized spacial score (nSPS) is 18.5. The van der Waals surface area contributed by atoms with Gasteiger partial charge in [0.05, 0.1) is 16.9 Å². The molecule has 0 atom stereocenters. The molecule has 0 aliphatic carbocycles. The number of rotatable bonds is 4. The summed E-state index contributed by atoms with van der Waals surface area (Å²) >= 11 is 0. The van der Waals surface area contributed by atoms with Crippen molar-refractivity contribution < 1.29 is 23.4 Å². The van der Waals surface area contributed by atoms with Gasteiger partial charge in [0.25, 0.3) is 0 Å². The number of hydrogen-bond acceptors (Lipinski definition) is 5. The highest BCUT2D eigenvalue weighted by Gasteiger charge is 2.46. The van der Waals surface area contributed by atoms with Crippen LogP contribution < -0.4 is 5.73 Å². The summed E-state index contributed by atoms with van der Waals surface area (Å²) in [5.41, 5.74) is 4.46. The quantitative estimate of drug-likeness (QED) is 0.679. The molecule has 0 unspecified atom stereocenters. The largest absolute Gasteiger partial charge is 0.478 e. The summed E-state index contributed by atoms with van der Waals surface area (Å²) in [6.07, 6.45) is 0.465. The molecule has 1 aromatic carbocycles. The van der Waals surface area contributed by atoms with Crippen molar-refractivity contribution in [2.75, 3.05) is 18.8 Å². The Morgan fingerprint density at radius 1 is 1.45 bits per heavy atom. The van der Waals surface area contributed by atoms with E-state index in [2.05, 4.69) is 0 Å². The third-order valence-electron chi connectivity index (χ3n) is 3.47. The van der Waals surface area contributed by atoms with Crippen molar-refractivity contribution in [1.82, 2.24) is 4.31 Å². The first-order valence-electron chi connectivity index (χ1n) is 6.05. The number of aromatic carboxylic acids is 1. The van der Waals surface area contributed by atoms with E-state index in [1.165, 1.54) is 12.1 Å². The minimum Gasteiger partial charge on any atom is -0.478 e. The number of sulfonamides is 1. The molecule has 4 N–H and O–H groups in total. The number of β-amino-alcohol motifs (C(OH)–C–C–N with tert-alkyl or cyclic N) is 1. The van der Waals surface area contributed by atoms with Crippen LogP contribution in [0.3, 0.4) is 0 Å².